The molecule has 2 heterocycles. The minimum atomic E-state index is 0.837. The van der Waals surface area contributed by atoms with Crippen molar-refractivity contribution in [3.8, 4) is 0 Å². The van der Waals surface area contributed by atoms with E-state index in [9.17, 15) is 0 Å². The zero-order valence-electron chi connectivity index (χ0n) is 10.8. The Morgan fingerprint density at radius 1 is 1.11 bits per heavy atom. The van der Waals surface area contributed by atoms with Gasteiger partial charge >= 0.3 is 0 Å². The summed E-state index contributed by atoms with van der Waals surface area (Å²) in [4.78, 5) is 6.94. The topological polar surface area (TPSA) is 42.1 Å². The van der Waals surface area contributed by atoms with E-state index >= 15 is 0 Å². The SMILES string of the molecule is Cc1ccc(N)c2c(N3CCCCC3)ccnc12. The quantitative estimate of drug-likeness (QED) is 0.780. The number of nitrogens with zero attached hydrogens (tertiary/aromatic N) is 2. The Balaban J connectivity index is 2.19. The second-order valence-corrected chi connectivity index (χ2v) is 5.07. The number of nitrogens with two attached hydrogens (primary N) is 1. The van der Waals surface area contributed by atoms with Crippen LogP contribution in [0.4, 0.5) is 11.4 Å². The Morgan fingerprint density at radius 3 is 2.67 bits per heavy atom. The van der Waals surface area contributed by atoms with Crippen LogP contribution < -0.4 is 10.6 Å². The summed E-state index contributed by atoms with van der Waals surface area (Å²) in [7, 11) is 0. The molecule has 3 rings (SSSR count). The highest BCUT2D eigenvalue weighted by molar-refractivity contribution is 6.02. The molecular weight excluding hydrogens is 222 g/mol. The van der Waals surface area contributed by atoms with Gasteiger partial charge in [0.15, 0.2) is 0 Å². The molecule has 2 aromatic rings. The highest BCUT2D eigenvalue weighted by Crippen LogP contribution is 2.33. The average molecular weight is 241 g/mol. The molecular formula is C15H19N3. The number of anilines is 2. The molecule has 0 saturated carbocycles. The van der Waals surface area contributed by atoms with Crippen molar-refractivity contribution in [3.05, 3.63) is 30.0 Å². The molecule has 94 valence electrons. The number of pyridine rings is 1. The average Bonchev–Trinajstić information content (AvgIpc) is 2.43. The highest BCUT2D eigenvalue weighted by atomic mass is 15.1. The van der Waals surface area contributed by atoms with Crippen molar-refractivity contribution in [3.63, 3.8) is 0 Å². The van der Waals surface area contributed by atoms with Crippen molar-refractivity contribution < 1.29 is 0 Å². The van der Waals surface area contributed by atoms with Crippen molar-refractivity contribution >= 4 is 22.3 Å². The van der Waals surface area contributed by atoms with Crippen LogP contribution in [0.3, 0.4) is 0 Å². The zero-order valence-corrected chi connectivity index (χ0v) is 10.8. The summed E-state index contributed by atoms with van der Waals surface area (Å²) in [5, 5.41) is 1.12. The lowest BCUT2D eigenvalue weighted by atomic mass is 10.0. The number of hydrogen-bond acceptors (Lipinski definition) is 3. The molecule has 0 bridgehead atoms. The number of fused-ring (bicyclic) bond motifs is 1. The van der Waals surface area contributed by atoms with E-state index in [-0.39, 0.29) is 0 Å². The maximum absolute atomic E-state index is 6.17. The largest absolute Gasteiger partial charge is 0.398 e. The van der Waals surface area contributed by atoms with Crippen molar-refractivity contribution in [1.29, 1.82) is 0 Å². The highest BCUT2D eigenvalue weighted by Gasteiger charge is 2.15. The zero-order chi connectivity index (χ0) is 12.5. The standard InChI is InChI=1S/C15H19N3/c1-11-5-6-12(16)14-13(7-8-17-15(11)14)18-9-3-2-4-10-18/h5-8H,2-4,9-10,16H2,1H3. The summed E-state index contributed by atoms with van der Waals surface area (Å²) >= 11 is 0. The first-order valence-corrected chi connectivity index (χ1v) is 6.66. The molecule has 1 aromatic carbocycles. The van der Waals surface area contributed by atoms with Crippen molar-refractivity contribution in [2.24, 2.45) is 0 Å². The van der Waals surface area contributed by atoms with E-state index in [1.807, 2.05) is 18.3 Å². The van der Waals surface area contributed by atoms with Gasteiger partial charge in [-0.25, -0.2) is 0 Å². The predicted octanol–water partition coefficient (Wildman–Crippen LogP) is 3.12. The van der Waals surface area contributed by atoms with Crippen LogP contribution in [-0.4, -0.2) is 18.1 Å². The van der Waals surface area contributed by atoms with Crippen molar-refractivity contribution in [2.75, 3.05) is 23.7 Å². The molecule has 1 aromatic heterocycles. The molecule has 1 fully saturated rings. The minimum Gasteiger partial charge on any atom is -0.398 e. The van der Waals surface area contributed by atoms with Crippen LogP contribution >= 0.6 is 0 Å². The monoisotopic (exact) mass is 241 g/mol. The van der Waals surface area contributed by atoms with Crippen LogP contribution in [-0.2, 0) is 0 Å². The van der Waals surface area contributed by atoms with Crippen molar-refractivity contribution in [2.45, 2.75) is 26.2 Å². The van der Waals surface area contributed by atoms with E-state index in [0.29, 0.717) is 0 Å². The van der Waals surface area contributed by atoms with E-state index in [1.54, 1.807) is 0 Å². The van der Waals surface area contributed by atoms with Gasteiger partial charge in [-0.05, 0) is 43.9 Å². The molecule has 0 amide bonds. The van der Waals surface area contributed by atoms with Gasteiger partial charge in [-0.15, -0.1) is 0 Å². The fraction of sp³-hybridized carbons (Fsp3) is 0.400. The molecule has 1 aliphatic rings. The molecule has 2 N–H and O–H groups in total. The first-order chi connectivity index (χ1) is 8.77. The number of benzene rings is 1. The smallest absolute Gasteiger partial charge is 0.0772 e. The van der Waals surface area contributed by atoms with Crippen LogP contribution in [0.15, 0.2) is 24.4 Å². The van der Waals surface area contributed by atoms with Crippen LogP contribution in [0.5, 0.6) is 0 Å². The molecule has 3 nitrogen and oxygen atoms in total. The second-order valence-electron chi connectivity index (χ2n) is 5.07. The second kappa shape index (κ2) is 4.48. The van der Waals surface area contributed by atoms with E-state index in [1.165, 1.54) is 30.5 Å². The molecule has 0 aliphatic carbocycles. The summed E-state index contributed by atoms with van der Waals surface area (Å²) in [5.41, 5.74) is 10.5. The van der Waals surface area contributed by atoms with Gasteiger partial charge < -0.3 is 10.6 Å². The van der Waals surface area contributed by atoms with Crippen LogP contribution in [0.2, 0.25) is 0 Å². The summed E-state index contributed by atoms with van der Waals surface area (Å²) in [6.45, 7) is 4.35. The molecule has 0 spiro atoms. The van der Waals surface area contributed by atoms with E-state index in [0.717, 1.165) is 29.7 Å². The Labute approximate surface area is 108 Å². The third-order valence-electron chi connectivity index (χ3n) is 3.80. The van der Waals surface area contributed by atoms with Gasteiger partial charge in [0.2, 0.25) is 0 Å². The van der Waals surface area contributed by atoms with Crippen LogP contribution in [0.25, 0.3) is 10.9 Å². The fourth-order valence-electron chi connectivity index (χ4n) is 2.81. The summed E-state index contributed by atoms with van der Waals surface area (Å²) in [5.74, 6) is 0. The maximum atomic E-state index is 6.17. The van der Waals surface area contributed by atoms with E-state index in [2.05, 4.69) is 22.9 Å². The fourth-order valence-corrected chi connectivity index (χ4v) is 2.81. The van der Waals surface area contributed by atoms with Gasteiger partial charge in [-0.1, -0.05) is 6.07 Å². The van der Waals surface area contributed by atoms with Gasteiger partial charge in [0.25, 0.3) is 0 Å². The van der Waals surface area contributed by atoms with Crippen LogP contribution in [0, 0.1) is 6.92 Å². The Bertz CT molecular complexity index is 571. The molecule has 3 heteroatoms. The molecule has 1 aliphatic heterocycles. The third-order valence-corrected chi connectivity index (χ3v) is 3.80. The van der Waals surface area contributed by atoms with Gasteiger partial charge in [-0.2, -0.15) is 0 Å². The van der Waals surface area contributed by atoms with E-state index in [4.69, 9.17) is 5.73 Å². The Kier molecular flexibility index (Phi) is 2.82. The Morgan fingerprint density at radius 2 is 1.89 bits per heavy atom. The lowest BCUT2D eigenvalue weighted by molar-refractivity contribution is 0.579. The van der Waals surface area contributed by atoms with Crippen LogP contribution in [0.1, 0.15) is 24.8 Å². The molecule has 18 heavy (non-hydrogen) atoms. The normalized spacial score (nSPS) is 16.2. The number of aryl methyl sites for hydroxylation is 1. The van der Waals surface area contributed by atoms with Gasteiger partial charge in [0.1, 0.15) is 0 Å². The number of piperidine rings is 1. The molecule has 0 unspecified atom stereocenters. The number of rotatable bonds is 1. The summed E-state index contributed by atoms with van der Waals surface area (Å²) in [6, 6.07) is 6.14. The maximum Gasteiger partial charge on any atom is 0.0772 e. The first-order valence-electron chi connectivity index (χ1n) is 6.66. The number of nitrogen functional groups attached to an aromatic ring is 1. The lowest BCUT2D eigenvalue weighted by Gasteiger charge is -2.30. The predicted molar refractivity (Wildman–Crippen MR) is 77.0 cm³/mol. The summed E-state index contributed by atoms with van der Waals surface area (Å²) in [6.07, 6.45) is 5.79. The van der Waals surface area contributed by atoms with Gasteiger partial charge in [0.05, 0.1) is 5.52 Å². The van der Waals surface area contributed by atoms with Gasteiger partial charge in [-0.3, -0.25) is 4.98 Å². The minimum absolute atomic E-state index is 0.837. The lowest BCUT2D eigenvalue weighted by Crippen LogP contribution is -2.29. The number of aromatic nitrogens is 1. The third kappa shape index (κ3) is 1.80. The van der Waals surface area contributed by atoms with Gasteiger partial charge in [0, 0.05) is 36.0 Å². The van der Waals surface area contributed by atoms with E-state index < -0.39 is 0 Å². The summed E-state index contributed by atoms with van der Waals surface area (Å²) < 4.78 is 0. The molecule has 1 saturated heterocycles. The Hall–Kier alpha value is -1.77. The molecule has 0 radical (unpaired) electrons. The first kappa shape index (κ1) is 11.3. The van der Waals surface area contributed by atoms with Crippen molar-refractivity contribution in [1.82, 2.24) is 4.98 Å². The molecule has 0 atom stereocenters. The number of hydrogen-bond donors (Lipinski definition) is 1.